The summed E-state index contributed by atoms with van der Waals surface area (Å²) in [5, 5.41) is 2.70. The lowest BCUT2D eigenvalue weighted by Gasteiger charge is -2.07. The smallest absolute Gasteiger partial charge is 0.324 e. The molecule has 0 bridgehead atoms. The van der Waals surface area contributed by atoms with Crippen molar-refractivity contribution >= 4 is 11.6 Å². The van der Waals surface area contributed by atoms with Crippen LogP contribution < -0.4 is 16.6 Å². The minimum Gasteiger partial charge on any atom is -0.324 e. The number of pyridine rings is 1. The van der Waals surface area contributed by atoms with Crippen LogP contribution in [0.5, 0.6) is 0 Å². The van der Waals surface area contributed by atoms with Gasteiger partial charge in [-0.05, 0) is 36.3 Å². The van der Waals surface area contributed by atoms with Crippen LogP contribution in [0.2, 0.25) is 0 Å². The van der Waals surface area contributed by atoms with Crippen molar-refractivity contribution in [2.24, 2.45) is 0 Å². The first-order chi connectivity index (χ1) is 12.6. The van der Waals surface area contributed by atoms with Crippen LogP contribution in [-0.4, -0.2) is 20.4 Å². The summed E-state index contributed by atoms with van der Waals surface area (Å²) >= 11 is 0. The molecule has 2 heterocycles. The molecule has 1 aromatic carbocycles. The van der Waals surface area contributed by atoms with Crippen molar-refractivity contribution in [3.05, 3.63) is 93.0 Å². The fourth-order valence-electron chi connectivity index (χ4n) is 2.17. The van der Waals surface area contributed by atoms with Crippen LogP contribution in [0.3, 0.4) is 0 Å². The monoisotopic (exact) mass is 346 g/mol. The van der Waals surface area contributed by atoms with Crippen LogP contribution in [0.4, 0.5) is 5.69 Å². The van der Waals surface area contributed by atoms with Gasteiger partial charge in [-0.2, -0.15) is 0 Å². The molecular weight excluding hydrogens is 332 g/mol. The number of hydrogen-bond donors (Lipinski definition) is 2. The number of carbonyl (C=O) groups is 1. The van der Waals surface area contributed by atoms with E-state index < -0.39 is 17.2 Å². The topological polar surface area (TPSA) is 96.9 Å². The number of nitrogens with one attached hydrogen (secondary N) is 2. The predicted molar refractivity (Wildman–Crippen MR) is 96.6 cm³/mol. The second kappa shape index (κ2) is 7.77. The van der Waals surface area contributed by atoms with E-state index in [0.29, 0.717) is 11.4 Å². The van der Waals surface area contributed by atoms with E-state index in [1.165, 1.54) is 12.3 Å². The van der Waals surface area contributed by atoms with Gasteiger partial charge in [0.05, 0.1) is 0 Å². The Morgan fingerprint density at radius 3 is 2.77 bits per heavy atom. The molecule has 1 amide bonds. The molecule has 0 saturated heterocycles. The first kappa shape index (κ1) is 16.9. The average Bonchev–Trinajstić information content (AvgIpc) is 2.63. The number of aromatic amines is 1. The van der Waals surface area contributed by atoms with Gasteiger partial charge in [0.25, 0.3) is 5.56 Å². The summed E-state index contributed by atoms with van der Waals surface area (Å²) in [6.07, 6.45) is 2.94. The molecule has 7 heteroatoms. The van der Waals surface area contributed by atoms with Gasteiger partial charge >= 0.3 is 5.69 Å². The molecule has 0 unspecified atom stereocenters. The Balaban J connectivity index is 1.70. The second-order valence-electron chi connectivity index (χ2n) is 5.33. The largest absolute Gasteiger partial charge is 0.328 e. The Bertz CT molecular complexity index is 1100. The number of amides is 1. The van der Waals surface area contributed by atoms with Crippen molar-refractivity contribution in [1.29, 1.82) is 0 Å². The molecule has 0 radical (unpaired) electrons. The third kappa shape index (κ3) is 4.55. The molecule has 0 saturated carbocycles. The van der Waals surface area contributed by atoms with Crippen molar-refractivity contribution in [2.75, 3.05) is 5.32 Å². The third-order valence-corrected chi connectivity index (χ3v) is 3.36. The lowest BCUT2D eigenvalue weighted by Crippen LogP contribution is -2.32. The lowest BCUT2D eigenvalue weighted by atomic mass is 10.2. The van der Waals surface area contributed by atoms with Gasteiger partial charge in [0, 0.05) is 29.7 Å². The van der Waals surface area contributed by atoms with E-state index in [1.807, 2.05) is 18.2 Å². The number of carbonyl (C=O) groups excluding carboxylic acids is 1. The number of rotatable bonds is 3. The van der Waals surface area contributed by atoms with E-state index in [2.05, 4.69) is 27.1 Å². The number of anilines is 1. The SMILES string of the molecule is O=C(Cn1ccc(=O)[nH]c1=O)Nc1cccc(C#Cc2ccccn2)c1. The van der Waals surface area contributed by atoms with Gasteiger partial charge in [0.15, 0.2) is 0 Å². The quantitative estimate of drug-likeness (QED) is 0.691. The molecule has 3 aromatic rings. The highest BCUT2D eigenvalue weighted by molar-refractivity contribution is 5.90. The summed E-state index contributed by atoms with van der Waals surface area (Å²) in [4.78, 5) is 41.0. The van der Waals surface area contributed by atoms with E-state index >= 15 is 0 Å². The van der Waals surface area contributed by atoms with Gasteiger partial charge in [-0.15, -0.1) is 0 Å². The fraction of sp³-hybridized carbons (Fsp3) is 0.0526. The number of H-pyrrole nitrogens is 1. The van der Waals surface area contributed by atoms with Crippen molar-refractivity contribution in [2.45, 2.75) is 6.54 Å². The summed E-state index contributed by atoms with van der Waals surface area (Å²) in [6.45, 7) is -0.209. The van der Waals surface area contributed by atoms with Crippen LogP contribution in [-0.2, 0) is 11.3 Å². The van der Waals surface area contributed by atoms with E-state index in [4.69, 9.17) is 0 Å². The molecule has 7 nitrogen and oxygen atoms in total. The van der Waals surface area contributed by atoms with Crippen LogP contribution in [0.15, 0.2) is 70.5 Å². The zero-order chi connectivity index (χ0) is 18.4. The van der Waals surface area contributed by atoms with Crippen molar-refractivity contribution in [3.8, 4) is 11.8 Å². The summed E-state index contributed by atoms with van der Waals surface area (Å²) in [5.74, 6) is 5.53. The number of hydrogen-bond acceptors (Lipinski definition) is 4. The van der Waals surface area contributed by atoms with Crippen LogP contribution >= 0.6 is 0 Å². The molecule has 0 fully saturated rings. The molecule has 2 aromatic heterocycles. The van der Waals surface area contributed by atoms with Gasteiger partial charge in [-0.3, -0.25) is 19.1 Å². The minimum absolute atomic E-state index is 0.209. The zero-order valence-corrected chi connectivity index (χ0v) is 13.6. The van der Waals surface area contributed by atoms with E-state index in [1.54, 1.807) is 30.5 Å². The van der Waals surface area contributed by atoms with Gasteiger partial charge in [-0.25, -0.2) is 9.78 Å². The Morgan fingerprint density at radius 2 is 2.00 bits per heavy atom. The van der Waals surface area contributed by atoms with Gasteiger partial charge < -0.3 is 5.32 Å². The minimum atomic E-state index is -0.636. The van der Waals surface area contributed by atoms with Gasteiger partial charge in [-0.1, -0.05) is 18.1 Å². The number of benzene rings is 1. The molecule has 0 aliphatic rings. The molecule has 2 N–H and O–H groups in total. The first-order valence-corrected chi connectivity index (χ1v) is 7.73. The highest BCUT2D eigenvalue weighted by Gasteiger charge is 2.05. The summed E-state index contributed by atoms with van der Waals surface area (Å²) < 4.78 is 1.11. The Hall–Kier alpha value is -3.92. The highest BCUT2D eigenvalue weighted by Crippen LogP contribution is 2.10. The van der Waals surface area contributed by atoms with Crippen molar-refractivity contribution < 1.29 is 4.79 Å². The Morgan fingerprint density at radius 1 is 1.12 bits per heavy atom. The van der Waals surface area contributed by atoms with Crippen LogP contribution in [0.1, 0.15) is 11.3 Å². The number of aromatic nitrogens is 3. The molecule has 128 valence electrons. The molecular formula is C19H14N4O3. The maximum atomic E-state index is 12.1. The standard InChI is InChI=1S/C19H14N4O3/c24-17-9-11-23(19(26)22-17)13-18(25)21-16-6-3-4-14(12-16)7-8-15-5-1-2-10-20-15/h1-6,9-12H,13H2,(H,21,25)(H,22,24,26). The first-order valence-electron chi connectivity index (χ1n) is 7.73. The zero-order valence-electron chi connectivity index (χ0n) is 13.6. The van der Waals surface area contributed by atoms with E-state index in [-0.39, 0.29) is 6.54 Å². The maximum absolute atomic E-state index is 12.1. The van der Waals surface area contributed by atoms with E-state index in [0.717, 1.165) is 10.1 Å². The summed E-state index contributed by atoms with van der Waals surface area (Å²) in [5.41, 5.74) is 0.780. The number of nitrogens with zero attached hydrogens (tertiary/aromatic N) is 2. The van der Waals surface area contributed by atoms with Crippen molar-refractivity contribution in [1.82, 2.24) is 14.5 Å². The molecule has 3 rings (SSSR count). The lowest BCUT2D eigenvalue weighted by molar-refractivity contribution is -0.116. The van der Waals surface area contributed by atoms with Gasteiger partial charge in [0.1, 0.15) is 12.2 Å². The van der Waals surface area contributed by atoms with Crippen molar-refractivity contribution in [3.63, 3.8) is 0 Å². The molecule has 0 atom stereocenters. The predicted octanol–water partition coefficient (Wildman–Crippen LogP) is 0.970. The average molecular weight is 346 g/mol. The molecule has 0 aliphatic carbocycles. The summed E-state index contributed by atoms with van der Waals surface area (Å²) in [7, 11) is 0. The Kier molecular flexibility index (Phi) is 5.05. The fourth-order valence-corrected chi connectivity index (χ4v) is 2.17. The van der Waals surface area contributed by atoms with Crippen LogP contribution in [0.25, 0.3) is 0 Å². The normalized spacial score (nSPS) is 9.85. The third-order valence-electron chi connectivity index (χ3n) is 3.36. The second-order valence-corrected chi connectivity index (χ2v) is 5.33. The molecule has 0 spiro atoms. The van der Waals surface area contributed by atoms with E-state index in [9.17, 15) is 14.4 Å². The van der Waals surface area contributed by atoms with Crippen LogP contribution in [0, 0.1) is 11.8 Å². The Labute approximate surface area is 148 Å². The van der Waals surface area contributed by atoms with Gasteiger partial charge in [0.2, 0.25) is 5.91 Å². The summed E-state index contributed by atoms with van der Waals surface area (Å²) in [6, 6.07) is 13.7. The molecule has 26 heavy (non-hydrogen) atoms. The highest BCUT2D eigenvalue weighted by atomic mass is 16.2. The molecule has 0 aliphatic heterocycles. The maximum Gasteiger partial charge on any atom is 0.328 e.